The van der Waals surface area contributed by atoms with E-state index in [9.17, 15) is 32.3 Å². The molecule has 3 N–H and O–H groups in total. The summed E-state index contributed by atoms with van der Waals surface area (Å²) in [6.07, 6.45) is -2.49. The lowest BCUT2D eigenvalue weighted by Gasteiger charge is -2.26. The summed E-state index contributed by atoms with van der Waals surface area (Å²) >= 11 is 0. The second-order valence-corrected chi connectivity index (χ2v) is 11.7. The molecular formula is C35H36F4N4O4. The topological polar surface area (TPSA) is 108 Å². The molecule has 0 bridgehead atoms. The first-order valence-electron chi connectivity index (χ1n) is 15.3. The van der Waals surface area contributed by atoms with Crippen molar-refractivity contribution in [3.05, 3.63) is 124 Å². The maximum absolute atomic E-state index is 14.0. The van der Waals surface area contributed by atoms with Crippen LogP contribution >= 0.6 is 0 Å². The van der Waals surface area contributed by atoms with Crippen molar-refractivity contribution in [3.8, 4) is 0 Å². The number of aliphatic hydroxyl groups is 1. The molecule has 1 aromatic heterocycles. The SMILES string of the molecule is Cc1coc([C@H]2CCCN2C(=O)c2cc(CF)cc(C(=O)N[C@@H](Cc3ccccc3)[C@H](O)CNCc3cccc(C(F)(F)F)c3)c2)n1. The van der Waals surface area contributed by atoms with Gasteiger partial charge in [-0.1, -0.05) is 48.5 Å². The van der Waals surface area contributed by atoms with Crippen molar-refractivity contribution in [2.24, 2.45) is 0 Å². The van der Waals surface area contributed by atoms with Gasteiger partial charge in [0.25, 0.3) is 11.8 Å². The first-order valence-corrected chi connectivity index (χ1v) is 15.3. The van der Waals surface area contributed by atoms with Gasteiger partial charge in [0.15, 0.2) is 0 Å². The van der Waals surface area contributed by atoms with Gasteiger partial charge in [-0.15, -0.1) is 0 Å². The Morgan fingerprint density at radius 1 is 1.02 bits per heavy atom. The Labute approximate surface area is 269 Å². The van der Waals surface area contributed by atoms with E-state index in [4.69, 9.17) is 4.42 Å². The van der Waals surface area contributed by atoms with E-state index in [1.54, 1.807) is 17.9 Å². The van der Waals surface area contributed by atoms with Crippen molar-refractivity contribution >= 4 is 11.8 Å². The largest absolute Gasteiger partial charge is 0.446 e. The number of amides is 2. The number of aromatic nitrogens is 1. The Morgan fingerprint density at radius 3 is 2.47 bits per heavy atom. The fourth-order valence-electron chi connectivity index (χ4n) is 5.75. The van der Waals surface area contributed by atoms with Crippen molar-refractivity contribution in [2.45, 2.75) is 63.8 Å². The van der Waals surface area contributed by atoms with Crippen LogP contribution in [0.25, 0.3) is 0 Å². The summed E-state index contributed by atoms with van der Waals surface area (Å²) in [6.45, 7) is 1.35. The van der Waals surface area contributed by atoms with Crippen molar-refractivity contribution in [3.63, 3.8) is 0 Å². The molecule has 47 heavy (non-hydrogen) atoms. The van der Waals surface area contributed by atoms with E-state index < -0.39 is 36.5 Å². The number of nitrogens with zero attached hydrogens (tertiary/aromatic N) is 2. The summed E-state index contributed by atoms with van der Waals surface area (Å²) in [6, 6.07) is 17.0. The van der Waals surface area contributed by atoms with Crippen molar-refractivity contribution < 1.29 is 36.7 Å². The minimum Gasteiger partial charge on any atom is -0.446 e. The smallest absolute Gasteiger partial charge is 0.416 e. The van der Waals surface area contributed by atoms with E-state index in [1.807, 2.05) is 30.3 Å². The molecule has 2 heterocycles. The molecule has 0 saturated carbocycles. The average Bonchev–Trinajstić information content (AvgIpc) is 3.73. The summed E-state index contributed by atoms with van der Waals surface area (Å²) in [7, 11) is 0. The van der Waals surface area contributed by atoms with Crippen LogP contribution in [0.1, 0.15) is 73.4 Å². The maximum Gasteiger partial charge on any atom is 0.416 e. The standard InChI is InChI=1S/C35H36F4N4O4/c1-22-21-47-33(41-22)30-11-6-12-43(30)34(46)27-14-25(18-36)13-26(17-27)32(45)42-29(16-23-7-3-2-4-8-23)31(44)20-40-19-24-9-5-10-28(15-24)35(37,38)39/h2-5,7-10,13-15,17,21,29-31,40,44H,6,11-12,16,18-20H2,1H3,(H,42,45)/t29-,30+,31+/m0/s1. The number of likely N-dealkylation sites (tertiary alicyclic amines) is 1. The highest BCUT2D eigenvalue weighted by Gasteiger charge is 2.34. The minimum atomic E-state index is -4.48. The van der Waals surface area contributed by atoms with E-state index in [0.29, 0.717) is 30.1 Å². The number of oxazole rings is 1. The van der Waals surface area contributed by atoms with Crippen LogP contribution in [0, 0.1) is 6.92 Å². The lowest BCUT2D eigenvalue weighted by molar-refractivity contribution is -0.137. The number of benzene rings is 3. The van der Waals surface area contributed by atoms with Gasteiger partial charge in [0.2, 0.25) is 5.89 Å². The Hall–Kier alpha value is -4.55. The zero-order valence-corrected chi connectivity index (χ0v) is 25.8. The number of rotatable bonds is 12. The van der Waals surface area contributed by atoms with Gasteiger partial charge >= 0.3 is 6.18 Å². The third-order valence-electron chi connectivity index (χ3n) is 8.11. The van der Waals surface area contributed by atoms with E-state index >= 15 is 0 Å². The van der Waals surface area contributed by atoms with Gasteiger partial charge in [0.1, 0.15) is 19.0 Å². The Morgan fingerprint density at radius 2 is 1.77 bits per heavy atom. The summed E-state index contributed by atoms with van der Waals surface area (Å²) in [5.41, 5.74) is 1.46. The summed E-state index contributed by atoms with van der Waals surface area (Å²) < 4.78 is 58.9. The van der Waals surface area contributed by atoms with Crippen LogP contribution in [-0.4, -0.2) is 52.0 Å². The quantitative estimate of drug-likeness (QED) is 0.164. The molecular weight excluding hydrogens is 616 g/mol. The van der Waals surface area contributed by atoms with E-state index in [1.165, 1.54) is 30.5 Å². The molecule has 3 aromatic carbocycles. The third kappa shape index (κ3) is 8.63. The first-order chi connectivity index (χ1) is 22.5. The van der Waals surface area contributed by atoms with Crippen LogP contribution < -0.4 is 10.6 Å². The lowest BCUT2D eigenvalue weighted by atomic mass is 9.99. The number of hydrogen-bond acceptors (Lipinski definition) is 6. The molecule has 8 nitrogen and oxygen atoms in total. The predicted octanol–water partition coefficient (Wildman–Crippen LogP) is 5.94. The number of aliphatic hydroxyl groups excluding tert-OH is 1. The van der Waals surface area contributed by atoms with Gasteiger partial charge in [0, 0.05) is 30.8 Å². The third-order valence-corrected chi connectivity index (χ3v) is 8.11. The van der Waals surface area contributed by atoms with Crippen LogP contribution in [0.15, 0.2) is 83.5 Å². The average molecular weight is 653 g/mol. The minimum absolute atomic E-state index is 0.0427. The number of nitrogens with one attached hydrogen (secondary N) is 2. The summed E-state index contributed by atoms with van der Waals surface area (Å²) in [4.78, 5) is 33.3. The van der Waals surface area contributed by atoms with Gasteiger partial charge in [-0.25, -0.2) is 9.37 Å². The Bertz CT molecular complexity index is 1680. The van der Waals surface area contributed by atoms with Crippen LogP contribution in [-0.2, 0) is 25.8 Å². The molecule has 12 heteroatoms. The fraction of sp³-hybridized carbons (Fsp3) is 0.343. The summed E-state index contributed by atoms with van der Waals surface area (Å²) in [5, 5.41) is 17.0. The van der Waals surface area contributed by atoms with Crippen LogP contribution in [0.2, 0.25) is 0 Å². The zero-order chi connectivity index (χ0) is 33.6. The van der Waals surface area contributed by atoms with Gasteiger partial charge in [0.05, 0.1) is 23.4 Å². The molecule has 1 fully saturated rings. The van der Waals surface area contributed by atoms with Gasteiger partial charge in [-0.3, -0.25) is 9.59 Å². The van der Waals surface area contributed by atoms with Crippen molar-refractivity contribution in [1.29, 1.82) is 0 Å². The van der Waals surface area contributed by atoms with Crippen LogP contribution in [0.3, 0.4) is 0 Å². The highest BCUT2D eigenvalue weighted by molar-refractivity contribution is 6.00. The molecule has 2 amide bonds. The van der Waals surface area contributed by atoms with Crippen LogP contribution in [0.5, 0.6) is 0 Å². The first kappa shape index (κ1) is 33.8. The number of carbonyl (C=O) groups excluding carboxylic acids is 2. The van der Waals surface area contributed by atoms with Gasteiger partial charge in [-0.2, -0.15) is 13.2 Å². The van der Waals surface area contributed by atoms with E-state index in [2.05, 4.69) is 15.6 Å². The van der Waals surface area contributed by atoms with Crippen LogP contribution in [0.4, 0.5) is 17.6 Å². The second kappa shape index (κ2) is 14.9. The lowest BCUT2D eigenvalue weighted by Crippen LogP contribution is -2.48. The van der Waals surface area contributed by atoms with E-state index in [-0.39, 0.29) is 48.1 Å². The number of hydrogen-bond donors (Lipinski definition) is 3. The summed E-state index contributed by atoms with van der Waals surface area (Å²) in [5.74, 6) is -0.576. The highest BCUT2D eigenvalue weighted by Crippen LogP contribution is 2.33. The number of alkyl halides is 4. The Balaban J connectivity index is 1.31. The fourth-order valence-corrected chi connectivity index (χ4v) is 5.75. The van der Waals surface area contributed by atoms with Gasteiger partial charge in [-0.05, 0) is 67.1 Å². The predicted molar refractivity (Wildman–Crippen MR) is 166 cm³/mol. The molecule has 1 saturated heterocycles. The van der Waals surface area contributed by atoms with Gasteiger partial charge < -0.3 is 25.1 Å². The number of carbonyl (C=O) groups is 2. The molecule has 248 valence electrons. The zero-order valence-electron chi connectivity index (χ0n) is 25.8. The van der Waals surface area contributed by atoms with Crippen molar-refractivity contribution in [1.82, 2.24) is 20.5 Å². The molecule has 0 unspecified atom stereocenters. The Kier molecular flexibility index (Phi) is 10.7. The normalized spacial score (nSPS) is 16.2. The molecule has 1 aliphatic rings. The molecule has 0 radical (unpaired) electrons. The van der Waals surface area contributed by atoms with E-state index in [0.717, 1.165) is 24.1 Å². The molecule has 0 spiro atoms. The molecule has 3 atom stereocenters. The molecule has 1 aliphatic heterocycles. The molecule has 4 aromatic rings. The van der Waals surface area contributed by atoms with Crippen molar-refractivity contribution in [2.75, 3.05) is 13.1 Å². The maximum atomic E-state index is 14.0. The monoisotopic (exact) mass is 652 g/mol. The number of aryl methyl sites for hydroxylation is 1. The number of halogens is 4. The second-order valence-electron chi connectivity index (χ2n) is 11.7. The molecule has 0 aliphatic carbocycles. The molecule has 5 rings (SSSR count). The highest BCUT2D eigenvalue weighted by atomic mass is 19.4.